The predicted octanol–water partition coefficient (Wildman–Crippen LogP) is 3.84. The van der Waals surface area contributed by atoms with E-state index < -0.39 is 0 Å². The van der Waals surface area contributed by atoms with Crippen molar-refractivity contribution in [3.63, 3.8) is 0 Å². The summed E-state index contributed by atoms with van der Waals surface area (Å²) >= 11 is 0. The van der Waals surface area contributed by atoms with Crippen molar-refractivity contribution < 1.29 is 9.90 Å². The van der Waals surface area contributed by atoms with Crippen LogP contribution in [0, 0.1) is 5.92 Å². The molecule has 0 unspecified atom stereocenters. The molecule has 0 saturated heterocycles. The summed E-state index contributed by atoms with van der Waals surface area (Å²) in [6.45, 7) is 2.09. The molecular formula is C18H19NO2. The normalized spacial score (nSPS) is 15.5. The van der Waals surface area contributed by atoms with E-state index in [9.17, 15) is 9.90 Å². The van der Waals surface area contributed by atoms with Crippen LogP contribution in [-0.2, 0) is 0 Å². The van der Waals surface area contributed by atoms with Gasteiger partial charge in [0.25, 0.3) is 5.91 Å². The van der Waals surface area contributed by atoms with Crippen LogP contribution >= 0.6 is 0 Å². The quantitative estimate of drug-likeness (QED) is 0.925. The lowest BCUT2D eigenvalue weighted by molar-refractivity contribution is 0.0973. The highest BCUT2D eigenvalue weighted by molar-refractivity contribution is 6.08. The molecule has 3 rings (SSSR count). The van der Waals surface area contributed by atoms with Crippen molar-refractivity contribution in [3.8, 4) is 5.75 Å². The molecule has 21 heavy (non-hydrogen) atoms. The summed E-state index contributed by atoms with van der Waals surface area (Å²) in [6, 6.07) is 16.5. The smallest absolute Gasteiger partial charge is 0.262 e. The molecule has 0 heterocycles. The Balaban J connectivity index is 1.99. The van der Waals surface area contributed by atoms with Crippen molar-refractivity contribution in [3.05, 3.63) is 60.2 Å². The molecule has 0 spiro atoms. The molecule has 108 valence electrons. The summed E-state index contributed by atoms with van der Waals surface area (Å²) in [4.78, 5) is 14.7. The molecule has 2 aromatic carbocycles. The molecule has 0 radical (unpaired) electrons. The van der Waals surface area contributed by atoms with E-state index in [0.29, 0.717) is 11.5 Å². The van der Waals surface area contributed by atoms with Crippen LogP contribution in [0.3, 0.4) is 0 Å². The van der Waals surface area contributed by atoms with E-state index in [-0.39, 0.29) is 17.7 Å². The SMILES string of the molecule is C[C@H](C1CC1)N(C(=O)c1ccccc1O)c1ccccc1. The molecule has 3 nitrogen and oxygen atoms in total. The van der Waals surface area contributed by atoms with Gasteiger partial charge in [0.15, 0.2) is 0 Å². The second-order valence-electron chi connectivity index (χ2n) is 5.61. The Morgan fingerprint density at radius 2 is 1.71 bits per heavy atom. The number of hydrogen-bond donors (Lipinski definition) is 1. The third kappa shape index (κ3) is 2.77. The minimum atomic E-state index is -0.140. The largest absolute Gasteiger partial charge is 0.507 e. The Hall–Kier alpha value is -2.29. The van der Waals surface area contributed by atoms with E-state index in [4.69, 9.17) is 0 Å². The number of rotatable bonds is 4. The summed E-state index contributed by atoms with van der Waals surface area (Å²) in [7, 11) is 0. The minimum absolute atomic E-state index is 0.0337. The molecule has 1 N–H and O–H groups in total. The number of phenolic OH excluding ortho intramolecular Hbond substituents is 1. The number of nitrogens with zero attached hydrogens (tertiary/aromatic N) is 1. The van der Waals surface area contributed by atoms with Crippen LogP contribution in [0.5, 0.6) is 5.75 Å². The first-order valence-corrected chi connectivity index (χ1v) is 7.35. The van der Waals surface area contributed by atoms with Crippen molar-refractivity contribution >= 4 is 11.6 Å². The van der Waals surface area contributed by atoms with Gasteiger partial charge >= 0.3 is 0 Å². The van der Waals surface area contributed by atoms with Crippen LogP contribution in [0.25, 0.3) is 0 Å². The molecule has 1 aliphatic rings. The van der Waals surface area contributed by atoms with Gasteiger partial charge in [-0.25, -0.2) is 0 Å². The third-order valence-electron chi connectivity index (χ3n) is 4.10. The molecular weight excluding hydrogens is 262 g/mol. The van der Waals surface area contributed by atoms with Crippen LogP contribution < -0.4 is 4.90 Å². The molecule has 3 heteroatoms. The standard InChI is InChI=1S/C18H19NO2/c1-13(14-11-12-14)19(15-7-3-2-4-8-15)18(21)16-9-5-6-10-17(16)20/h2-10,13-14,20H,11-12H2,1H3/t13-/m1/s1. The molecule has 1 fully saturated rings. The molecule has 1 saturated carbocycles. The van der Waals surface area contributed by atoms with E-state index in [1.807, 2.05) is 35.2 Å². The van der Waals surface area contributed by atoms with E-state index in [1.54, 1.807) is 24.3 Å². The van der Waals surface area contributed by atoms with Crippen LogP contribution in [0.15, 0.2) is 54.6 Å². The fourth-order valence-corrected chi connectivity index (χ4v) is 2.70. The predicted molar refractivity (Wildman–Crippen MR) is 83.5 cm³/mol. The average molecular weight is 281 g/mol. The Labute approximate surface area is 124 Å². The average Bonchev–Trinajstić information content (AvgIpc) is 3.33. The number of carbonyl (C=O) groups is 1. The lowest BCUT2D eigenvalue weighted by Crippen LogP contribution is -2.40. The summed E-state index contributed by atoms with van der Waals surface area (Å²) in [5, 5.41) is 9.97. The number of carbonyl (C=O) groups excluding carboxylic acids is 1. The molecule has 1 aliphatic carbocycles. The third-order valence-corrected chi connectivity index (χ3v) is 4.10. The number of aromatic hydroxyl groups is 1. The molecule has 1 atom stereocenters. The van der Waals surface area contributed by atoms with Gasteiger partial charge in [0, 0.05) is 11.7 Å². The monoisotopic (exact) mass is 281 g/mol. The van der Waals surface area contributed by atoms with Crippen molar-refractivity contribution in [2.24, 2.45) is 5.92 Å². The van der Waals surface area contributed by atoms with E-state index in [2.05, 4.69) is 6.92 Å². The topological polar surface area (TPSA) is 40.5 Å². The molecule has 0 aromatic heterocycles. The van der Waals surface area contributed by atoms with E-state index in [0.717, 1.165) is 5.69 Å². The first kappa shape index (κ1) is 13.7. The van der Waals surface area contributed by atoms with Gasteiger partial charge in [-0.05, 0) is 49.9 Å². The second kappa shape index (κ2) is 5.60. The van der Waals surface area contributed by atoms with Gasteiger partial charge in [0.1, 0.15) is 5.75 Å². The highest BCUT2D eigenvalue weighted by atomic mass is 16.3. The van der Waals surface area contributed by atoms with Gasteiger partial charge < -0.3 is 10.0 Å². The van der Waals surface area contributed by atoms with Crippen molar-refractivity contribution in [2.75, 3.05) is 4.90 Å². The van der Waals surface area contributed by atoms with Crippen molar-refractivity contribution in [1.82, 2.24) is 0 Å². The van der Waals surface area contributed by atoms with Gasteiger partial charge in [0.05, 0.1) is 5.56 Å². The zero-order valence-electron chi connectivity index (χ0n) is 12.1. The number of para-hydroxylation sites is 2. The zero-order valence-corrected chi connectivity index (χ0v) is 12.1. The maximum atomic E-state index is 12.9. The van der Waals surface area contributed by atoms with Gasteiger partial charge in [-0.2, -0.15) is 0 Å². The summed E-state index contributed by atoms with van der Waals surface area (Å²) < 4.78 is 0. The van der Waals surface area contributed by atoms with Crippen LogP contribution in [0.2, 0.25) is 0 Å². The van der Waals surface area contributed by atoms with Crippen LogP contribution in [0.1, 0.15) is 30.1 Å². The lowest BCUT2D eigenvalue weighted by atomic mass is 10.1. The Kier molecular flexibility index (Phi) is 3.65. The maximum Gasteiger partial charge on any atom is 0.262 e. The minimum Gasteiger partial charge on any atom is -0.507 e. The molecule has 1 amide bonds. The lowest BCUT2D eigenvalue weighted by Gasteiger charge is -2.30. The fraction of sp³-hybridized carbons (Fsp3) is 0.278. The van der Waals surface area contributed by atoms with Crippen molar-refractivity contribution in [2.45, 2.75) is 25.8 Å². The van der Waals surface area contributed by atoms with Crippen LogP contribution in [-0.4, -0.2) is 17.1 Å². The van der Waals surface area contributed by atoms with E-state index in [1.165, 1.54) is 12.8 Å². The molecule has 0 bridgehead atoms. The number of hydrogen-bond acceptors (Lipinski definition) is 2. The molecule has 2 aromatic rings. The number of amides is 1. The summed E-state index contributed by atoms with van der Waals surface area (Å²) in [5.74, 6) is 0.449. The van der Waals surface area contributed by atoms with Gasteiger partial charge in [0.2, 0.25) is 0 Å². The zero-order chi connectivity index (χ0) is 14.8. The Morgan fingerprint density at radius 1 is 1.10 bits per heavy atom. The highest BCUT2D eigenvalue weighted by Crippen LogP contribution is 2.38. The fourth-order valence-electron chi connectivity index (χ4n) is 2.70. The number of phenols is 1. The maximum absolute atomic E-state index is 12.9. The van der Waals surface area contributed by atoms with Gasteiger partial charge in [-0.15, -0.1) is 0 Å². The Morgan fingerprint density at radius 3 is 2.33 bits per heavy atom. The highest BCUT2D eigenvalue weighted by Gasteiger charge is 2.35. The first-order valence-electron chi connectivity index (χ1n) is 7.35. The summed E-state index contributed by atoms with van der Waals surface area (Å²) in [6.07, 6.45) is 2.33. The Bertz CT molecular complexity index is 635. The van der Waals surface area contributed by atoms with Gasteiger partial charge in [-0.1, -0.05) is 30.3 Å². The van der Waals surface area contributed by atoms with Gasteiger partial charge in [-0.3, -0.25) is 4.79 Å². The van der Waals surface area contributed by atoms with Crippen molar-refractivity contribution in [1.29, 1.82) is 0 Å². The summed E-state index contributed by atoms with van der Waals surface area (Å²) in [5.41, 5.74) is 1.24. The van der Waals surface area contributed by atoms with E-state index >= 15 is 0 Å². The second-order valence-corrected chi connectivity index (χ2v) is 5.61. The first-order chi connectivity index (χ1) is 10.2. The molecule has 0 aliphatic heterocycles. The van der Waals surface area contributed by atoms with Crippen LogP contribution in [0.4, 0.5) is 5.69 Å². The number of benzene rings is 2. The number of anilines is 1.